The number of benzene rings is 3. The van der Waals surface area contributed by atoms with Gasteiger partial charge < -0.3 is 0 Å². The maximum Gasteiger partial charge on any atom is 0.0104 e. The maximum atomic E-state index is 2.42. The fourth-order valence-electron chi connectivity index (χ4n) is 4.81. The summed E-state index contributed by atoms with van der Waals surface area (Å²) in [5.41, 5.74) is 8.76. The van der Waals surface area contributed by atoms with Gasteiger partial charge in [-0.15, -0.1) is 0 Å². The molecule has 0 aliphatic heterocycles. The Kier molecular flexibility index (Phi) is 3.38. The number of hydrogen-bond donors (Lipinski definition) is 0. The van der Waals surface area contributed by atoms with E-state index in [4.69, 9.17) is 0 Å². The first-order valence-corrected chi connectivity index (χ1v) is 9.28. The van der Waals surface area contributed by atoms with E-state index in [0.717, 1.165) is 0 Å². The van der Waals surface area contributed by atoms with Gasteiger partial charge in [0.05, 0.1) is 0 Å². The molecule has 0 spiro atoms. The average Bonchev–Trinajstić information content (AvgIpc) is 3.22. The number of hydrogen-bond acceptors (Lipinski definition) is 0. The first kappa shape index (κ1) is 14.7. The molecule has 2 aliphatic carbocycles. The van der Waals surface area contributed by atoms with E-state index in [1.165, 1.54) is 39.8 Å². The van der Waals surface area contributed by atoms with Gasteiger partial charge in [0, 0.05) is 11.8 Å². The van der Waals surface area contributed by atoms with Gasteiger partial charge in [-0.3, -0.25) is 0 Å². The normalized spacial score (nSPS) is 18.7. The first-order chi connectivity index (χ1) is 12.3. The second-order valence-electron chi connectivity index (χ2n) is 7.45. The quantitative estimate of drug-likeness (QED) is 0.507. The van der Waals surface area contributed by atoms with Gasteiger partial charge >= 0.3 is 0 Å². The molecule has 0 bridgehead atoms. The molecule has 0 saturated heterocycles. The van der Waals surface area contributed by atoms with Crippen LogP contribution in [0.1, 0.15) is 47.4 Å². The van der Waals surface area contributed by atoms with Crippen molar-refractivity contribution < 1.29 is 0 Å². The van der Waals surface area contributed by atoms with Crippen molar-refractivity contribution in [3.63, 3.8) is 0 Å². The lowest BCUT2D eigenvalue weighted by Crippen LogP contribution is -2.11. The van der Waals surface area contributed by atoms with E-state index in [2.05, 4.69) is 91.9 Å². The van der Waals surface area contributed by atoms with Crippen LogP contribution in [0, 0.1) is 5.92 Å². The van der Waals surface area contributed by atoms with Gasteiger partial charge in [-0.05, 0) is 45.7 Å². The minimum atomic E-state index is 0.517. The van der Waals surface area contributed by atoms with Crippen LogP contribution in [0.4, 0.5) is 0 Å². The van der Waals surface area contributed by atoms with Crippen LogP contribution in [0.15, 0.2) is 78.9 Å². The predicted octanol–water partition coefficient (Wildman–Crippen LogP) is 6.64. The van der Waals surface area contributed by atoms with Gasteiger partial charge in [0.15, 0.2) is 0 Å². The Morgan fingerprint density at radius 3 is 1.96 bits per heavy atom. The third-order valence-electron chi connectivity index (χ3n) is 6.02. The Morgan fingerprint density at radius 1 is 0.720 bits per heavy atom. The molecule has 3 aromatic rings. The van der Waals surface area contributed by atoms with Crippen molar-refractivity contribution in [2.45, 2.75) is 25.2 Å². The molecule has 0 heterocycles. The molecule has 0 radical (unpaired) electrons. The molecule has 2 aliphatic rings. The molecule has 0 heteroatoms. The molecule has 0 aromatic heterocycles. The second-order valence-corrected chi connectivity index (χ2v) is 7.45. The molecular weight excluding hydrogens is 300 g/mol. The van der Waals surface area contributed by atoms with Crippen molar-refractivity contribution in [3.8, 4) is 11.1 Å². The van der Waals surface area contributed by atoms with E-state index >= 15 is 0 Å². The van der Waals surface area contributed by atoms with Crippen LogP contribution in [-0.2, 0) is 0 Å². The van der Waals surface area contributed by atoms with Gasteiger partial charge in [0.25, 0.3) is 0 Å². The summed E-state index contributed by atoms with van der Waals surface area (Å²) >= 11 is 0. The Hall–Kier alpha value is -2.60. The van der Waals surface area contributed by atoms with Crippen LogP contribution in [-0.4, -0.2) is 0 Å². The van der Waals surface area contributed by atoms with Crippen molar-refractivity contribution in [2.75, 3.05) is 0 Å². The highest BCUT2D eigenvalue weighted by atomic mass is 14.4. The van der Waals surface area contributed by atoms with Gasteiger partial charge in [0.2, 0.25) is 0 Å². The summed E-state index contributed by atoms with van der Waals surface area (Å²) in [7, 11) is 0. The Balaban J connectivity index is 1.50. The summed E-state index contributed by atoms with van der Waals surface area (Å²) in [5, 5.41) is 0. The van der Waals surface area contributed by atoms with E-state index in [-0.39, 0.29) is 0 Å². The van der Waals surface area contributed by atoms with Gasteiger partial charge in [-0.2, -0.15) is 0 Å². The molecule has 25 heavy (non-hydrogen) atoms. The number of rotatable bonds is 3. The smallest absolute Gasteiger partial charge is 0.0104 e. The fourth-order valence-corrected chi connectivity index (χ4v) is 4.81. The van der Waals surface area contributed by atoms with Crippen LogP contribution in [0.5, 0.6) is 0 Å². The highest BCUT2D eigenvalue weighted by Crippen LogP contribution is 2.49. The maximum absolute atomic E-state index is 2.42. The molecule has 3 aromatic carbocycles. The SMILES string of the molecule is CC(CC1c2ccccc2-c2ccccc21)C1C=Cc2ccccc21. The van der Waals surface area contributed by atoms with E-state index in [1.807, 2.05) is 0 Å². The Morgan fingerprint density at radius 2 is 1.28 bits per heavy atom. The van der Waals surface area contributed by atoms with Crippen LogP contribution in [0.2, 0.25) is 0 Å². The average molecular weight is 322 g/mol. The lowest BCUT2D eigenvalue weighted by atomic mass is 9.80. The van der Waals surface area contributed by atoms with E-state index < -0.39 is 0 Å². The third-order valence-corrected chi connectivity index (χ3v) is 6.02. The summed E-state index contributed by atoms with van der Waals surface area (Å²) in [5.74, 6) is 1.67. The zero-order valence-corrected chi connectivity index (χ0v) is 14.5. The van der Waals surface area contributed by atoms with Crippen LogP contribution < -0.4 is 0 Å². The Bertz CT molecular complexity index is 918. The van der Waals surface area contributed by atoms with Gasteiger partial charge in [-0.1, -0.05) is 91.9 Å². The van der Waals surface area contributed by atoms with E-state index in [9.17, 15) is 0 Å². The van der Waals surface area contributed by atoms with Crippen LogP contribution in [0.25, 0.3) is 17.2 Å². The first-order valence-electron chi connectivity index (χ1n) is 9.28. The van der Waals surface area contributed by atoms with Gasteiger partial charge in [-0.25, -0.2) is 0 Å². The number of allylic oxidation sites excluding steroid dienone is 1. The largest absolute Gasteiger partial charge is 0.0761 e. The molecule has 0 fully saturated rings. The minimum Gasteiger partial charge on any atom is -0.0761 e. The van der Waals surface area contributed by atoms with Crippen LogP contribution in [0.3, 0.4) is 0 Å². The second kappa shape index (κ2) is 5.74. The summed E-state index contributed by atoms with van der Waals surface area (Å²) in [6.07, 6.45) is 5.90. The summed E-state index contributed by atoms with van der Waals surface area (Å²) in [6, 6.07) is 26.8. The van der Waals surface area contributed by atoms with E-state index in [1.54, 1.807) is 0 Å². The zero-order valence-electron chi connectivity index (χ0n) is 14.5. The third kappa shape index (κ3) is 2.28. The summed E-state index contributed by atoms with van der Waals surface area (Å²) < 4.78 is 0. The molecule has 5 rings (SSSR count). The van der Waals surface area contributed by atoms with Crippen molar-refractivity contribution in [1.29, 1.82) is 0 Å². The lowest BCUT2D eigenvalue weighted by Gasteiger charge is -2.24. The molecule has 122 valence electrons. The van der Waals surface area contributed by atoms with Crippen molar-refractivity contribution in [2.24, 2.45) is 5.92 Å². The molecule has 2 atom stereocenters. The van der Waals surface area contributed by atoms with Crippen molar-refractivity contribution in [1.82, 2.24) is 0 Å². The fraction of sp³-hybridized carbons (Fsp3) is 0.200. The lowest BCUT2D eigenvalue weighted by molar-refractivity contribution is 0.463. The highest BCUT2D eigenvalue weighted by molar-refractivity contribution is 5.78. The predicted molar refractivity (Wildman–Crippen MR) is 106 cm³/mol. The van der Waals surface area contributed by atoms with Crippen molar-refractivity contribution >= 4 is 6.08 Å². The number of fused-ring (bicyclic) bond motifs is 4. The zero-order chi connectivity index (χ0) is 16.8. The molecule has 0 nitrogen and oxygen atoms in total. The molecular formula is C25H22. The van der Waals surface area contributed by atoms with E-state index in [0.29, 0.717) is 17.8 Å². The topological polar surface area (TPSA) is 0 Å². The standard InChI is InChI=1S/C25H22/c1-17(19-15-14-18-8-2-3-9-20(18)19)16-25-23-12-6-4-10-21(23)22-11-5-7-13-24(22)25/h2-15,17,19,25H,16H2,1H3. The monoisotopic (exact) mass is 322 g/mol. The van der Waals surface area contributed by atoms with Gasteiger partial charge in [0.1, 0.15) is 0 Å². The molecule has 0 N–H and O–H groups in total. The summed E-state index contributed by atoms with van der Waals surface area (Å²) in [6.45, 7) is 2.42. The van der Waals surface area contributed by atoms with Crippen LogP contribution >= 0.6 is 0 Å². The molecule has 0 saturated carbocycles. The van der Waals surface area contributed by atoms with Crippen molar-refractivity contribution in [3.05, 3.63) is 101 Å². The molecule has 2 unspecified atom stereocenters. The highest BCUT2D eigenvalue weighted by Gasteiger charge is 2.32. The Labute approximate surface area is 149 Å². The minimum absolute atomic E-state index is 0.517. The summed E-state index contributed by atoms with van der Waals surface area (Å²) in [4.78, 5) is 0. The molecule has 0 amide bonds.